The minimum absolute atomic E-state index is 0.172. The molecule has 1 heterocycles. The van der Waals surface area contributed by atoms with Crippen LogP contribution in [-0.2, 0) is 10.0 Å². The maximum atomic E-state index is 12.1. The predicted octanol–water partition coefficient (Wildman–Crippen LogP) is 2.85. The van der Waals surface area contributed by atoms with Gasteiger partial charge in [0.2, 0.25) is 0 Å². The minimum Gasteiger partial charge on any atom is -0.359 e. The smallest absolute Gasteiger partial charge is 0.263 e. The lowest BCUT2D eigenvalue weighted by Gasteiger charge is -2.05. The summed E-state index contributed by atoms with van der Waals surface area (Å²) in [7, 11) is -3.63. The Morgan fingerprint density at radius 3 is 2.33 bits per heavy atom. The van der Waals surface area contributed by atoms with Crippen LogP contribution < -0.4 is 4.72 Å². The standard InChI is InChI=1S/C11H11BrN2O3S/c1-7-8(2)17-13-11(7)14-18(15,16)10-5-3-9(12)4-6-10/h3-6H,1-2H3,(H,13,14). The molecule has 96 valence electrons. The van der Waals surface area contributed by atoms with E-state index in [2.05, 4.69) is 25.8 Å². The Hall–Kier alpha value is -1.34. The van der Waals surface area contributed by atoms with Crippen LogP contribution in [-0.4, -0.2) is 13.6 Å². The maximum Gasteiger partial charge on any atom is 0.263 e. The SMILES string of the molecule is Cc1onc(NS(=O)(=O)c2ccc(Br)cc2)c1C. The zero-order valence-corrected chi connectivity index (χ0v) is 12.2. The molecule has 1 N–H and O–H groups in total. The third kappa shape index (κ3) is 2.56. The van der Waals surface area contributed by atoms with E-state index in [9.17, 15) is 8.42 Å². The molecule has 0 aliphatic carbocycles. The fraction of sp³-hybridized carbons (Fsp3) is 0.182. The van der Waals surface area contributed by atoms with Crippen molar-refractivity contribution in [3.8, 4) is 0 Å². The number of nitrogens with one attached hydrogen (secondary N) is 1. The highest BCUT2D eigenvalue weighted by Gasteiger charge is 2.18. The summed E-state index contributed by atoms with van der Waals surface area (Å²) in [5.74, 6) is 0.805. The fourth-order valence-corrected chi connectivity index (χ4v) is 2.63. The van der Waals surface area contributed by atoms with E-state index in [4.69, 9.17) is 4.52 Å². The van der Waals surface area contributed by atoms with E-state index in [1.165, 1.54) is 12.1 Å². The summed E-state index contributed by atoms with van der Waals surface area (Å²) >= 11 is 3.25. The van der Waals surface area contributed by atoms with Gasteiger partial charge in [0.15, 0.2) is 5.82 Å². The second-order valence-electron chi connectivity index (χ2n) is 3.77. The molecule has 0 saturated carbocycles. The van der Waals surface area contributed by atoms with Crippen LogP contribution in [0.15, 0.2) is 38.2 Å². The van der Waals surface area contributed by atoms with Crippen LogP contribution in [0.1, 0.15) is 11.3 Å². The molecule has 0 spiro atoms. The van der Waals surface area contributed by atoms with Gasteiger partial charge in [0, 0.05) is 10.0 Å². The summed E-state index contributed by atoms with van der Waals surface area (Å²) in [6.45, 7) is 3.46. The summed E-state index contributed by atoms with van der Waals surface area (Å²) in [5, 5.41) is 3.67. The van der Waals surface area contributed by atoms with Gasteiger partial charge in [0.05, 0.1) is 4.90 Å². The third-order valence-corrected chi connectivity index (χ3v) is 4.40. The molecule has 7 heteroatoms. The molecule has 0 radical (unpaired) electrons. The highest BCUT2D eigenvalue weighted by molar-refractivity contribution is 9.10. The average Bonchev–Trinajstić information content (AvgIpc) is 2.61. The first kappa shape index (κ1) is 13.1. The molecular weight excluding hydrogens is 320 g/mol. The largest absolute Gasteiger partial charge is 0.359 e. The number of nitrogens with zero attached hydrogens (tertiary/aromatic N) is 1. The van der Waals surface area contributed by atoms with Gasteiger partial charge in [-0.1, -0.05) is 21.1 Å². The number of hydrogen-bond donors (Lipinski definition) is 1. The molecule has 0 aliphatic rings. The summed E-state index contributed by atoms with van der Waals surface area (Å²) in [5.41, 5.74) is 0.677. The van der Waals surface area contributed by atoms with Gasteiger partial charge in [-0.3, -0.25) is 4.72 Å². The first-order valence-electron chi connectivity index (χ1n) is 5.11. The Morgan fingerprint density at radius 1 is 1.22 bits per heavy atom. The number of hydrogen-bond acceptors (Lipinski definition) is 4. The summed E-state index contributed by atoms with van der Waals surface area (Å²) in [6, 6.07) is 6.34. The highest BCUT2D eigenvalue weighted by Crippen LogP contribution is 2.21. The van der Waals surface area contributed by atoms with Crippen molar-refractivity contribution in [2.75, 3.05) is 4.72 Å². The predicted molar refractivity (Wildman–Crippen MR) is 70.9 cm³/mol. The third-order valence-electron chi connectivity index (χ3n) is 2.51. The van der Waals surface area contributed by atoms with E-state index >= 15 is 0 Å². The number of halogens is 1. The van der Waals surface area contributed by atoms with E-state index in [0.29, 0.717) is 11.3 Å². The van der Waals surface area contributed by atoms with E-state index < -0.39 is 10.0 Å². The van der Waals surface area contributed by atoms with Crippen LogP contribution in [0.25, 0.3) is 0 Å². The molecule has 0 atom stereocenters. The zero-order chi connectivity index (χ0) is 13.3. The zero-order valence-electron chi connectivity index (χ0n) is 9.77. The number of aryl methyl sites for hydroxylation is 1. The molecule has 1 aromatic carbocycles. The number of sulfonamides is 1. The molecule has 0 saturated heterocycles. The Labute approximate surface area is 113 Å². The van der Waals surface area contributed by atoms with E-state index in [-0.39, 0.29) is 10.7 Å². The second-order valence-corrected chi connectivity index (χ2v) is 6.37. The molecule has 2 aromatic rings. The number of aromatic nitrogens is 1. The highest BCUT2D eigenvalue weighted by atomic mass is 79.9. The number of rotatable bonds is 3. The topological polar surface area (TPSA) is 72.2 Å². The van der Waals surface area contributed by atoms with Crippen molar-refractivity contribution in [1.82, 2.24) is 5.16 Å². The van der Waals surface area contributed by atoms with Gasteiger partial charge in [-0.2, -0.15) is 0 Å². The van der Waals surface area contributed by atoms with Crippen molar-refractivity contribution >= 4 is 31.8 Å². The van der Waals surface area contributed by atoms with Crippen LogP contribution >= 0.6 is 15.9 Å². The van der Waals surface area contributed by atoms with Gasteiger partial charge < -0.3 is 4.52 Å². The van der Waals surface area contributed by atoms with E-state index in [0.717, 1.165) is 4.47 Å². The number of anilines is 1. The molecule has 5 nitrogen and oxygen atoms in total. The fourth-order valence-electron chi connectivity index (χ4n) is 1.31. The molecule has 0 aliphatic heterocycles. The monoisotopic (exact) mass is 330 g/mol. The number of benzene rings is 1. The van der Waals surface area contributed by atoms with Gasteiger partial charge in [-0.05, 0) is 38.1 Å². The molecule has 0 bridgehead atoms. The molecule has 0 amide bonds. The maximum absolute atomic E-state index is 12.1. The molecule has 0 unspecified atom stereocenters. The lowest BCUT2D eigenvalue weighted by atomic mass is 10.3. The Bertz CT molecular complexity index is 662. The van der Waals surface area contributed by atoms with Gasteiger partial charge in [-0.15, -0.1) is 0 Å². The quantitative estimate of drug-likeness (QED) is 0.939. The molecule has 0 fully saturated rings. The summed E-state index contributed by atoms with van der Waals surface area (Å²) in [6.07, 6.45) is 0. The first-order chi connectivity index (χ1) is 8.40. The van der Waals surface area contributed by atoms with Gasteiger partial charge in [0.25, 0.3) is 10.0 Å². The van der Waals surface area contributed by atoms with Crippen LogP contribution in [0.4, 0.5) is 5.82 Å². The van der Waals surface area contributed by atoms with Gasteiger partial charge >= 0.3 is 0 Å². The molecular formula is C11H11BrN2O3S. The normalized spacial score (nSPS) is 11.5. The van der Waals surface area contributed by atoms with Crippen molar-refractivity contribution in [3.05, 3.63) is 40.1 Å². The van der Waals surface area contributed by atoms with Crippen LogP contribution in [0.5, 0.6) is 0 Å². The van der Waals surface area contributed by atoms with Gasteiger partial charge in [0.1, 0.15) is 5.76 Å². The molecule has 1 aromatic heterocycles. The first-order valence-corrected chi connectivity index (χ1v) is 7.39. The van der Waals surface area contributed by atoms with Crippen molar-refractivity contribution in [1.29, 1.82) is 0 Å². The Morgan fingerprint density at radius 2 is 1.83 bits per heavy atom. The second kappa shape index (κ2) is 4.74. The van der Waals surface area contributed by atoms with Crippen molar-refractivity contribution in [2.45, 2.75) is 18.7 Å². The van der Waals surface area contributed by atoms with E-state index in [1.54, 1.807) is 26.0 Å². The van der Waals surface area contributed by atoms with Crippen LogP contribution in [0.3, 0.4) is 0 Å². The van der Waals surface area contributed by atoms with Crippen molar-refractivity contribution in [3.63, 3.8) is 0 Å². The lowest BCUT2D eigenvalue weighted by Crippen LogP contribution is -2.13. The van der Waals surface area contributed by atoms with Crippen molar-refractivity contribution < 1.29 is 12.9 Å². The van der Waals surface area contributed by atoms with Crippen LogP contribution in [0.2, 0.25) is 0 Å². The van der Waals surface area contributed by atoms with Crippen molar-refractivity contribution in [2.24, 2.45) is 0 Å². The molecule has 18 heavy (non-hydrogen) atoms. The van der Waals surface area contributed by atoms with Crippen LogP contribution in [0, 0.1) is 13.8 Å². The van der Waals surface area contributed by atoms with E-state index in [1.807, 2.05) is 0 Å². The molecule has 2 rings (SSSR count). The Kier molecular flexibility index (Phi) is 3.45. The summed E-state index contributed by atoms with van der Waals surface area (Å²) in [4.78, 5) is 0.172. The average molecular weight is 331 g/mol. The lowest BCUT2D eigenvalue weighted by molar-refractivity contribution is 0.399. The minimum atomic E-state index is -3.63. The summed E-state index contributed by atoms with van der Waals surface area (Å²) < 4.78 is 32.3. The van der Waals surface area contributed by atoms with Gasteiger partial charge in [-0.25, -0.2) is 8.42 Å². The Balaban J connectivity index is 2.33.